The highest BCUT2D eigenvalue weighted by molar-refractivity contribution is 4.91. The van der Waals surface area contributed by atoms with Crippen molar-refractivity contribution in [3.63, 3.8) is 0 Å². The van der Waals surface area contributed by atoms with Crippen LogP contribution in [0.5, 0.6) is 0 Å². The van der Waals surface area contributed by atoms with Gasteiger partial charge in [-0.2, -0.15) is 0 Å². The molecule has 0 bridgehead atoms. The van der Waals surface area contributed by atoms with Gasteiger partial charge in [-0.1, -0.05) is 0 Å². The average Bonchev–Trinajstić information content (AvgIpc) is 2.51. The summed E-state index contributed by atoms with van der Waals surface area (Å²) in [5.74, 6) is 0. The fourth-order valence-electron chi connectivity index (χ4n) is 2.23. The van der Waals surface area contributed by atoms with Crippen molar-refractivity contribution in [1.29, 1.82) is 0 Å². The summed E-state index contributed by atoms with van der Waals surface area (Å²) in [7, 11) is 0. The van der Waals surface area contributed by atoms with E-state index in [-0.39, 0.29) is 5.54 Å². The van der Waals surface area contributed by atoms with E-state index < -0.39 is 0 Å². The summed E-state index contributed by atoms with van der Waals surface area (Å²) in [5.41, 5.74) is 6.11. The van der Waals surface area contributed by atoms with Crippen LogP contribution in [0.15, 0.2) is 0 Å². The molecular weight excluding hydrogens is 180 g/mol. The predicted octanol–water partition coefficient (Wildman–Crippen LogP) is -0.175. The molecule has 0 aliphatic carbocycles. The average molecular weight is 200 g/mol. The highest BCUT2D eigenvalue weighted by Gasteiger charge is 2.33. The summed E-state index contributed by atoms with van der Waals surface area (Å²) in [4.78, 5) is 2.39. The quantitative estimate of drug-likeness (QED) is 0.672. The minimum absolute atomic E-state index is 0.114. The number of rotatable bonds is 2. The van der Waals surface area contributed by atoms with Crippen molar-refractivity contribution in [2.24, 2.45) is 5.73 Å². The fourth-order valence-corrected chi connectivity index (χ4v) is 2.23. The highest BCUT2D eigenvalue weighted by Crippen LogP contribution is 2.18. The van der Waals surface area contributed by atoms with E-state index in [2.05, 4.69) is 11.8 Å². The maximum absolute atomic E-state index is 6.23. The Bertz CT molecular complexity index is 193. The molecule has 0 saturated carbocycles. The first kappa shape index (κ1) is 10.4. The van der Waals surface area contributed by atoms with Gasteiger partial charge in [0.05, 0.1) is 24.9 Å². The van der Waals surface area contributed by atoms with Crippen LogP contribution in [-0.4, -0.2) is 56.0 Å². The van der Waals surface area contributed by atoms with Gasteiger partial charge in [0.2, 0.25) is 0 Å². The molecule has 0 aromatic rings. The zero-order valence-electron chi connectivity index (χ0n) is 8.87. The Labute approximate surface area is 85.3 Å². The van der Waals surface area contributed by atoms with Crippen LogP contribution in [0.3, 0.4) is 0 Å². The van der Waals surface area contributed by atoms with E-state index >= 15 is 0 Å². The standard InChI is InChI=1S/C10H20N2O2/c1-9-6-12(3-5-14-9)7-10(11)2-4-13-8-10/h9H,2-8,11H2,1H3. The number of hydrogen-bond donors (Lipinski definition) is 1. The largest absolute Gasteiger partial charge is 0.379 e. The van der Waals surface area contributed by atoms with Crippen molar-refractivity contribution >= 4 is 0 Å². The van der Waals surface area contributed by atoms with E-state index in [1.54, 1.807) is 0 Å². The molecule has 2 heterocycles. The Morgan fingerprint density at radius 3 is 3.00 bits per heavy atom. The summed E-state index contributed by atoms with van der Waals surface area (Å²) in [5, 5.41) is 0. The zero-order valence-corrected chi connectivity index (χ0v) is 8.87. The minimum atomic E-state index is -0.114. The van der Waals surface area contributed by atoms with Crippen LogP contribution in [-0.2, 0) is 9.47 Å². The van der Waals surface area contributed by atoms with Crippen molar-refractivity contribution in [1.82, 2.24) is 4.90 Å². The third-order valence-corrected chi connectivity index (χ3v) is 3.00. The Kier molecular flexibility index (Phi) is 3.07. The van der Waals surface area contributed by atoms with Gasteiger partial charge in [0, 0.05) is 26.2 Å². The summed E-state index contributed by atoms with van der Waals surface area (Å²) >= 11 is 0. The molecule has 2 atom stereocenters. The van der Waals surface area contributed by atoms with Crippen LogP contribution in [0.4, 0.5) is 0 Å². The highest BCUT2D eigenvalue weighted by atomic mass is 16.5. The third-order valence-electron chi connectivity index (χ3n) is 3.00. The van der Waals surface area contributed by atoms with Gasteiger partial charge in [-0.3, -0.25) is 4.90 Å². The smallest absolute Gasteiger partial charge is 0.0674 e. The van der Waals surface area contributed by atoms with Crippen molar-refractivity contribution in [2.45, 2.75) is 25.0 Å². The number of hydrogen-bond acceptors (Lipinski definition) is 4. The lowest BCUT2D eigenvalue weighted by molar-refractivity contribution is -0.0254. The molecule has 2 aliphatic heterocycles. The number of morpholine rings is 1. The molecule has 14 heavy (non-hydrogen) atoms. The molecule has 2 N–H and O–H groups in total. The van der Waals surface area contributed by atoms with Gasteiger partial charge in [0.15, 0.2) is 0 Å². The van der Waals surface area contributed by atoms with Gasteiger partial charge in [0.1, 0.15) is 0 Å². The molecule has 2 unspecified atom stereocenters. The Morgan fingerprint density at radius 1 is 1.50 bits per heavy atom. The Hall–Kier alpha value is -0.160. The maximum Gasteiger partial charge on any atom is 0.0674 e. The third kappa shape index (κ3) is 2.45. The van der Waals surface area contributed by atoms with E-state index in [0.29, 0.717) is 12.7 Å². The van der Waals surface area contributed by atoms with Crippen molar-refractivity contribution < 1.29 is 9.47 Å². The van der Waals surface area contributed by atoms with Gasteiger partial charge in [0.25, 0.3) is 0 Å². The number of nitrogens with two attached hydrogens (primary N) is 1. The van der Waals surface area contributed by atoms with E-state index in [9.17, 15) is 0 Å². The molecule has 0 aromatic carbocycles. The topological polar surface area (TPSA) is 47.7 Å². The molecule has 0 amide bonds. The van der Waals surface area contributed by atoms with Crippen LogP contribution in [0.2, 0.25) is 0 Å². The molecule has 0 aromatic heterocycles. The van der Waals surface area contributed by atoms with Crippen LogP contribution in [0.25, 0.3) is 0 Å². The first-order chi connectivity index (χ1) is 6.68. The second-order valence-electron chi connectivity index (χ2n) is 4.58. The lowest BCUT2D eigenvalue weighted by Crippen LogP contribution is -2.54. The molecule has 0 radical (unpaired) electrons. The van der Waals surface area contributed by atoms with Gasteiger partial charge >= 0.3 is 0 Å². The second kappa shape index (κ2) is 4.14. The predicted molar refractivity (Wildman–Crippen MR) is 54.2 cm³/mol. The summed E-state index contributed by atoms with van der Waals surface area (Å²) in [6.45, 7) is 7.41. The van der Waals surface area contributed by atoms with Gasteiger partial charge in [-0.25, -0.2) is 0 Å². The SMILES string of the molecule is CC1CN(CC2(N)CCOC2)CCO1. The molecule has 0 spiro atoms. The van der Waals surface area contributed by atoms with E-state index in [4.69, 9.17) is 15.2 Å². The lowest BCUT2D eigenvalue weighted by Gasteiger charge is -2.36. The normalized spacial score (nSPS) is 40.3. The van der Waals surface area contributed by atoms with Gasteiger partial charge in [-0.15, -0.1) is 0 Å². The van der Waals surface area contributed by atoms with Crippen LogP contribution in [0, 0.1) is 0 Å². The Morgan fingerprint density at radius 2 is 2.36 bits per heavy atom. The van der Waals surface area contributed by atoms with Gasteiger partial charge in [-0.05, 0) is 13.3 Å². The monoisotopic (exact) mass is 200 g/mol. The molecule has 4 nitrogen and oxygen atoms in total. The van der Waals surface area contributed by atoms with Crippen LogP contribution in [0.1, 0.15) is 13.3 Å². The van der Waals surface area contributed by atoms with E-state index in [1.165, 1.54) is 0 Å². The van der Waals surface area contributed by atoms with Gasteiger partial charge < -0.3 is 15.2 Å². The minimum Gasteiger partial charge on any atom is -0.379 e. The molecule has 2 fully saturated rings. The van der Waals surface area contributed by atoms with Crippen molar-refractivity contribution in [2.75, 3.05) is 39.5 Å². The molecule has 2 rings (SSSR count). The fraction of sp³-hybridized carbons (Fsp3) is 1.00. The molecule has 2 aliphatic rings. The van der Waals surface area contributed by atoms with Crippen molar-refractivity contribution in [3.05, 3.63) is 0 Å². The summed E-state index contributed by atoms with van der Waals surface area (Å²) in [6.07, 6.45) is 1.33. The lowest BCUT2D eigenvalue weighted by atomic mass is 9.99. The number of nitrogens with zero attached hydrogens (tertiary/aromatic N) is 1. The van der Waals surface area contributed by atoms with E-state index in [1.807, 2.05) is 0 Å². The van der Waals surface area contributed by atoms with Crippen LogP contribution < -0.4 is 5.73 Å². The molecular formula is C10H20N2O2. The number of ether oxygens (including phenoxy) is 2. The molecule has 82 valence electrons. The molecule has 4 heteroatoms. The summed E-state index contributed by atoms with van der Waals surface area (Å²) in [6, 6.07) is 0. The first-order valence-corrected chi connectivity index (χ1v) is 5.39. The maximum atomic E-state index is 6.23. The zero-order chi connectivity index (χ0) is 10.0. The van der Waals surface area contributed by atoms with Crippen LogP contribution >= 0.6 is 0 Å². The van der Waals surface area contributed by atoms with Crippen molar-refractivity contribution in [3.8, 4) is 0 Å². The Balaban J connectivity index is 1.83. The first-order valence-electron chi connectivity index (χ1n) is 5.39. The second-order valence-corrected chi connectivity index (χ2v) is 4.58. The summed E-state index contributed by atoms with van der Waals surface area (Å²) < 4.78 is 10.8. The molecule has 2 saturated heterocycles. The van der Waals surface area contributed by atoms with E-state index in [0.717, 1.165) is 39.3 Å².